The fourth-order valence-electron chi connectivity index (χ4n) is 2.39. The Morgan fingerprint density at radius 2 is 2.11 bits per heavy atom. The lowest BCUT2D eigenvalue weighted by Gasteiger charge is -2.39. The van der Waals surface area contributed by atoms with Gasteiger partial charge in [-0.15, -0.1) is 0 Å². The summed E-state index contributed by atoms with van der Waals surface area (Å²) in [5, 5.41) is 6.90. The average molecular weight is 264 g/mol. The van der Waals surface area contributed by atoms with Crippen LogP contribution in [0.2, 0.25) is 0 Å². The monoisotopic (exact) mass is 264 g/mol. The summed E-state index contributed by atoms with van der Waals surface area (Å²) >= 11 is 0. The zero-order valence-corrected chi connectivity index (χ0v) is 11.8. The minimum atomic E-state index is -0.462. The van der Waals surface area contributed by atoms with E-state index in [4.69, 9.17) is 0 Å². The van der Waals surface area contributed by atoms with Crippen molar-refractivity contribution in [2.45, 2.75) is 39.3 Å². The number of rotatable bonds is 3. The molecule has 0 radical (unpaired) electrons. The Hall–Kier alpha value is -1.85. The van der Waals surface area contributed by atoms with Gasteiger partial charge in [0.15, 0.2) is 0 Å². The normalized spacial score (nSPS) is 23.9. The molecule has 0 bridgehead atoms. The van der Waals surface area contributed by atoms with Crippen molar-refractivity contribution in [2.75, 3.05) is 4.90 Å². The third-order valence-electron chi connectivity index (χ3n) is 3.44. The molecule has 2 unspecified atom stereocenters. The largest absolute Gasteiger partial charge is 0.342 e. The minimum absolute atomic E-state index is 0.0607. The third-order valence-corrected chi connectivity index (χ3v) is 3.44. The third kappa shape index (κ3) is 2.34. The van der Waals surface area contributed by atoms with Crippen LogP contribution in [-0.4, -0.2) is 33.7 Å². The Kier molecular flexibility index (Phi) is 3.59. The van der Waals surface area contributed by atoms with Crippen LogP contribution >= 0.6 is 0 Å². The number of nitrogens with zero attached hydrogens (tertiary/aromatic N) is 3. The Labute approximate surface area is 112 Å². The second kappa shape index (κ2) is 5.03. The summed E-state index contributed by atoms with van der Waals surface area (Å²) in [5.74, 6) is -0.0902. The second-order valence-corrected chi connectivity index (χ2v) is 5.23. The molecule has 6 nitrogen and oxygen atoms in total. The average Bonchev–Trinajstić information content (AvgIpc) is 2.77. The molecule has 1 saturated heterocycles. The molecule has 104 valence electrons. The van der Waals surface area contributed by atoms with Crippen molar-refractivity contribution in [3.63, 3.8) is 0 Å². The topological polar surface area (TPSA) is 67.2 Å². The highest BCUT2D eigenvalue weighted by Gasteiger charge is 2.41. The summed E-state index contributed by atoms with van der Waals surface area (Å²) in [7, 11) is 1.79. The van der Waals surface area contributed by atoms with Gasteiger partial charge in [-0.1, -0.05) is 20.8 Å². The van der Waals surface area contributed by atoms with Crippen LogP contribution in [0.5, 0.6) is 0 Å². The molecule has 19 heavy (non-hydrogen) atoms. The molecule has 0 spiro atoms. The van der Waals surface area contributed by atoms with Crippen LogP contribution in [0.15, 0.2) is 12.4 Å². The van der Waals surface area contributed by atoms with Gasteiger partial charge >= 0.3 is 0 Å². The van der Waals surface area contributed by atoms with Crippen LogP contribution in [0.3, 0.4) is 0 Å². The Bertz CT molecular complexity index is 495. The molecule has 2 rings (SSSR count). The summed E-state index contributed by atoms with van der Waals surface area (Å²) in [6.07, 6.45) is 3.96. The molecule has 0 saturated carbocycles. The molecule has 1 aromatic heterocycles. The number of amides is 2. The van der Waals surface area contributed by atoms with Crippen molar-refractivity contribution in [3.05, 3.63) is 12.4 Å². The Morgan fingerprint density at radius 1 is 1.42 bits per heavy atom. The maximum absolute atomic E-state index is 12.6. The van der Waals surface area contributed by atoms with E-state index >= 15 is 0 Å². The molecule has 0 aromatic carbocycles. The van der Waals surface area contributed by atoms with Gasteiger partial charge in [-0.25, -0.2) is 0 Å². The van der Waals surface area contributed by atoms with Crippen molar-refractivity contribution in [3.8, 4) is 0 Å². The molecule has 1 aliphatic heterocycles. The van der Waals surface area contributed by atoms with E-state index in [0.29, 0.717) is 12.1 Å². The molecule has 2 amide bonds. The molecule has 1 aromatic rings. The van der Waals surface area contributed by atoms with E-state index in [2.05, 4.69) is 10.4 Å². The van der Waals surface area contributed by atoms with E-state index in [1.54, 1.807) is 29.0 Å². The molecule has 6 heteroatoms. The fourth-order valence-corrected chi connectivity index (χ4v) is 2.39. The van der Waals surface area contributed by atoms with Gasteiger partial charge in [0.1, 0.15) is 12.1 Å². The van der Waals surface area contributed by atoms with Crippen molar-refractivity contribution in [2.24, 2.45) is 13.0 Å². The van der Waals surface area contributed by atoms with E-state index in [-0.39, 0.29) is 17.7 Å². The quantitative estimate of drug-likeness (QED) is 0.873. The summed E-state index contributed by atoms with van der Waals surface area (Å²) in [6.45, 7) is 5.75. The molecule has 2 atom stereocenters. The number of carbonyl (C=O) groups is 2. The number of hydrogen-bond donors (Lipinski definition) is 1. The highest BCUT2D eigenvalue weighted by Crippen LogP contribution is 2.24. The molecular weight excluding hydrogens is 244 g/mol. The van der Waals surface area contributed by atoms with Crippen LogP contribution < -0.4 is 10.2 Å². The van der Waals surface area contributed by atoms with Crippen LogP contribution in [0.4, 0.5) is 5.69 Å². The fraction of sp³-hybridized carbons (Fsp3) is 0.615. The first-order chi connectivity index (χ1) is 8.95. The molecular formula is C13H20N4O2. The lowest BCUT2D eigenvalue weighted by atomic mass is 9.96. The molecule has 0 aliphatic carbocycles. The molecule has 1 aliphatic rings. The van der Waals surface area contributed by atoms with Crippen molar-refractivity contribution >= 4 is 17.5 Å². The van der Waals surface area contributed by atoms with Crippen LogP contribution in [0.25, 0.3) is 0 Å². The predicted molar refractivity (Wildman–Crippen MR) is 71.5 cm³/mol. The van der Waals surface area contributed by atoms with Gasteiger partial charge in [0, 0.05) is 13.2 Å². The van der Waals surface area contributed by atoms with E-state index in [1.165, 1.54) is 0 Å². The number of piperazine rings is 1. The zero-order valence-electron chi connectivity index (χ0n) is 11.8. The number of carbonyl (C=O) groups excluding carboxylic acids is 2. The Balaban J connectivity index is 2.39. The number of aryl methyl sites for hydroxylation is 1. The first-order valence-corrected chi connectivity index (χ1v) is 6.57. The smallest absolute Gasteiger partial charge is 0.250 e. The van der Waals surface area contributed by atoms with Crippen LogP contribution in [0.1, 0.15) is 27.2 Å². The van der Waals surface area contributed by atoms with Gasteiger partial charge in [0.25, 0.3) is 5.91 Å². The van der Waals surface area contributed by atoms with Crippen molar-refractivity contribution in [1.82, 2.24) is 15.1 Å². The van der Waals surface area contributed by atoms with Gasteiger partial charge in [-0.05, 0) is 12.3 Å². The van der Waals surface area contributed by atoms with Gasteiger partial charge in [0.2, 0.25) is 5.91 Å². The van der Waals surface area contributed by atoms with Gasteiger partial charge < -0.3 is 5.32 Å². The zero-order chi connectivity index (χ0) is 14.2. The van der Waals surface area contributed by atoms with Crippen LogP contribution in [0, 0.1) is 5.92 Å². The van der Waals surface area contributed by atoms with Crippen molar-refractivity contribution < 1.29 is 9.59 Å². The maximum atomic E-state index is 12.6. The number of aromatic nitrogens is 2. The summed E-state index contributed by atoms with van der Waals surface area (Å²) < 4.78 is 1.63. The molecule has 1 fully saturated rings. The highest BCUT2D eigenvalue weighted by atomic mass is 16.2. The predicted octanol–water partition coefficient (Wildman–Crippen LogP) is 0.686. The summed E-state index contributed by atoms with van der Waals surface area (Å²) in [6, 6.07) is -0.915. The number of anilines is 1. The van der Waals surface area contributed by atoms with E-state index in [9.17, 15) is 9.59 Å². The number of nitrogens with one attached hydrogen (secondary N) is 1. The second-order valence-electron chi connectivity index (χ2n) is 5.23. The Morgan fingerprint density at radius 3 is 2.58 bits per heavy atom. The lowest BCUT2D eigenvalue weighted by molar-refractivity contribution is -0.134. The summed E-state index contributed by atoms with van der Waals surface area (Å²) in [4.78, 5) is 26.3. The summed E-state index contributed by atoms with van der Waals surface area (Å²) in [5.41, 5.74) is 0.680. The van der Waals surface area contributed by atoms with E-state index < -0.39 is 12.1 Å². The first-order valence-electron chi connectivity index (χ1n) is 6.57. The van der Waals surface area contributed by atoms with Crippen molar-refractivity contribution in [1.29, 1.82) is 0 Å². The standard InChI is InChI=1S/C13H20N4O2/c1-5-10-12(18)15-11(8(2)3)13(19)17(10)9-6-14-16(4)7-9/h6-8,10-11H,5H2,1-4H3,(H,15,18). The highest BCUT2D eigenvalue weighted by molar-refractivity contribution is 6.08. The van der Waals surface area contributed by atoms with Gasteiger partial charge in [0.05, 0.1) is 11.9 Å². The van der Waals surface area contributed by atoms with Gasteiger partial charge in [-0.3, -0.25) is 19.2 Å². The molecule has 1 N–H and O–H groups in total. The van der Waals surface area contributed by atoms with E-state index in [0.717, 1.165) is 0 Å². The number of hydrogen-bond acceptors (Lipinski definition) is 3. The minimum Gasteiger partial charge on any atom is -0.342 e. The molecule has 2 heterocycles. The maximum Gasteiger partial charge on any atom is 0.250 e. The first kappa shape index (κ1) is 13.6. The van der Waals surface area contributed by atoms with Gasteiger partial charge in [-0.2, -0.15) is 5.10 Å². The SMILES string of the molecule is CCC1C(=O)NC(C(C)C)C(=O)N1c1cnn(C)c1. The van der Waals surface area contributed by atoms with Crippen LogP contribution in [-0.2, 0) is 16.6 Å². The van der Waals surface area contributed by atoms with E-state index in [1.807, 2.05) is 20.8 Å². The lowest BCUT2D eigenvalue weighted by Crippen LogP contribution is -2.64.